The van der Waals surface area contributed by atoms with Gasteiger partial charge in [-0.2, -0.15) is 0 Å². The number of nitrogens with two attached hydrogens (primary N) is 2. The Labute approximate surface area is 171 Å². The largest absolute Gasteiger partial charge is 0.493 e. The summed E-state index contributed by atoms with van der Waals surface area (Å²) >= 11 is 0. The minimum Gasteiger partial charge on any atom is -0.493 e. The van der Waals surface area contributed by atoms with E-state index >= 15 is 0 Å². The minimum absolute atomic E-state index is 0.0166. The number of hydrogen-bond donors (Lipinski definition) is 3. The number of carbonyl (C=O) groups excluding carboxylic acids is 1. The van der Waals surface area contributed by atoms with Crippen molar-refractivity contribution in [2.45, 2.75) is 38.8 Å². The maximum absolute atomic E-state index is 13.1. The van der Waals surface area contributed by atoms with Crippen LogP contribution in [0.2, 0.25) is 0 Å². The second kappa shape index (κ2) is 7.78. The van der Waals surface area contributed by atoms with Gasteiger partial charge in [0.15, 0.2) is 5.96 Å². The monoisotopic (exact) mass is 392 g/mol. The fourth-order valence-corrected chi connectivity index (χ4v) is 4.51. The highest BCUT2D eigenvalue weighted by molar-refractivity contribution is 5.95. The zero-order chi connectivity index (χ0) is 20.5. The molecule has 1 aliphatic carbocycles. The fourth-order valence-electron chi connectivity index (χ4n) is 4.51. The number of aliphatic imine (C=N–C) groups is 1. The first-order valence-electron chi connectivity index (χ1n) is 10.2. The lowest BCUT2D eigenvalue weighted by molar-refractivity contribution is 0.0926. The number of amides is 1. The third-order valence-electron chi connectivity index (χ3n) is 6.09. The van der Waals surface area contributed by atoms with Crippen LogP contribution >= 0.6 is 0 Å². The number of carbonyl (C=O) groups is 1. The summed E-state index contributed by atoms with van der Waals surface area (Å²) in [5.74, 6) is 1.22. The van der Waals surface area contributed by atoms with E-state index in [1.807, 2.05) is 24.3 Å². The summed E-state index contributed by atoms with van der Waals surface area (Å²) < 4.78 is 5.89. The van der Waals surface area contributed by atoms with E-state index in [0.717, 1.165) is 24.2 Å². The lowest BCUT2D eigenvalue weighted by Crippen LogP contribution is -2.32. The van der Waals surface area contributed by atoms with Crippen LogP contribution in [0, 0.1) is 11.8 Å². The van der Waals surface area contributed by atoms with Gasteiger partial charge in [0.25, 0.3) is 5.91 Å². The van der Waals surface area contributed by atoms with Gasteiger partial charge in [-0.25, -0.2) is 4.99 Å². The Bertz CT molecular complexity index is 952. The topological polar surface area (TPSA) is 103 Å². The average Bonchev–Trinajstić information content (AvgIpc) is 3.02. The predicted octanol–water partition coefficient (Wildman–Crippen LogP) is 3.08. The van der Waals surface area contributed by atoms with Gasteiger partial charge in [-0.3, -0.25) is 4.79 Å². The van der Waals surface area contributed by atoms with Gasteiger partial charge in [-0.15, -0.1) is 0 Å². The van der Waals surface area contributed by atoms with E-state index in [-0.39, 0.29) is 29.9 Å². The van der Waals surface area contributed by atoms with Crippen LogP contribution in [0.5, 0.6) is 5.75 Å². The van der Waals surface area contributed by atoms with E-state index in [4.69, 9.17) is 16.2 Å². The summed E-state index contributed by atoms with van der Waals surface area (Å²) in [6.07, 6.45) is 1.86. The van der Waals surface area contributed by atoms with Crippen LogP contribution in [-0.2, 0) is 6.42 Å². The Morgan fingerprint density at radius 1 is 1.21 bits per heavy atom. The Hall–Kier alpha value is -3.02. The van der Waals surface area contributed by atoms with Crippen LogP contribution in [0.3, 0.4) is 0 Å². The third kappa shape index (κ3) is 3.67. The molecule has 6 nitrogen and oxygen atoms in total. The van der Waals surface area contributed by atoms with Crippen molar-refractivity contribution < 1.29 is 9.53 Å². The summed E-state index contributed by atoms with van der Waals surface area (Å²) in [4.78, 5) is 17.5. The highest BCUT2D eigenvalue weighted by Gasteiger charge is 2.33. The molecule has 0 radical (unpaired) electrons. The highest BCUT2D eigenvalue weighted by atomic mass is 16.5. The number of hydrogen-bond acceptors (Lipinski definition) is 3. The highest BCUT2D eigenvalue weighted by Crippen LogP contribution is 2.40. The van der Waals surface area contributed by atoms with Gasteiger partial charge in [-0.1, -0.05) is 38.1 Å². The SMILES string of the molecule is CC[C@H]1COc2ccc(C(=O)N[C@@H]3c4ccccc4C[C@H]3C)cc2[C@@H]1N=C(N)N. The summed E-state index contributed by atoms with van der Waals surface area (Å²) in [6, 6.07) is 13.6. The first-order valence-corrected chi connectivity index (χ1v) is 10.2. The first-order chi connectivity index (χ1) is 14.0. The normalized spacial score (nSPS) is 24.8. The zero-order valence-corrected chi connectivity index (χ0v) is 16.9. The van der Waals surface area contributed by atoms with Gasteiger partial charge in [0.05, 0.1) is 18.7 Å². The molecule has 4 atom stereocenters. The number of rotatable bonds is 4. The van der Waals surface area contributed by atoms with Crippen molar-refractivity contribution in [3.05, 3.63) is 64.7 Å². The molecule has 152 valence electrons. The Balaban J connectivity index is 1.62. The molecule has 6 heteroatoms. The van der Waals surface area contributed by atoms with Gasteiger partial charge >= 0.3 is 0 Å². The number of nitrogens with zero attached hydrogens (tertiary/aromatic N) is 1. The van der Waals surface area contributed by atoms with Gasteiger partial charge in [0, 0.05) is 17.0 Å². The Morgan fingerprint density at radius 3 is 2.76 bits per heavy atom. The van der Waals surface area contributed by atoms with E-state index in [9.17, 15) is 4.79 Å². The molecule has 4 rings (SSSR count). The van der Waals surface area contributed by atoms with Crippen LogP contribution < -0.4 is 21.5 Å². The van der Waals surface area contributed by atoms with Crippen molar-refractivity contribution in [1.29, 1.82) is 0 Å². The van der Waals surface area contributed by atoms with Crippen molar-refractivity contribution in [1.82, 2.24) is 5.32 Å². The maximum atomic E-state index is 13.1. The standard InChI is InChI=1S/C23H28N4O2/c1-3-14-12-29-19-9-8-16(11-18(19)21(14)27-23(24)25)22(28)26-20-13(2)10-15-6-4-5-7-17(15)20/h4-9,11,13-14,20-21H,3,10,12H2,1-2H3,(H,26,28)(H4,24,25,27)/t13-,14+,20+,21-/m1/s1. The van der Waals surface area contributed by atoms with Crippen molar-refractivity contribution in [2.24, 2.45) is 28.3 Å². The molecule has 5 N–H and O–H groups in total. The smallest absolute Gasteiger partial charge is 0.251 e. The summed E-state index contributed by atoms with van der Waals surface area (Å²) in [5, 5.41) is 3.22. The molecule has 0 saturated heterocycles. The first kappa shape index (κ1) is 19.3. The molecule has 0 spiro atoms. The van der Waals surface area contributed by atoms with Gasteiger partial charge < -0.3 is 21.5 Å². The van der Waals surface area contributed by atoms with Gasteiger partial charge in [0.1, 0.15) is 5.75 Å². The lowest BCUT2D eigenvalue weighted by Gasteiger charge is -2.31. The summed E-state index contributed by atoms with van der Waals surface area (Å²) in [5.41, 5.74) is 15.3. The molecular weight excluding hydrogens is 364 g/mol. The van der Waals surface area contributed by atoms with E-state index < -0.39 is 0 Å². The molecule has 29 heavy (non-hydrogen) atoms. The zero-order valence-electron chi connectivity index (χ0n) is 16.9. The Kier molecular flexibility index (Phi) is 5.18. The molecule has 2 aromatic carbocycles. The fraction of sp³-hybridized carbons (Fsp3) is 0.391. The van der Waals surface area contributed by atoms with Crippen molar-refractivity contribution in [3.63, 3.8) is 0 Å². The van der Waals surface area contributed by atoms with E-state index in [0.29, 0.717) is 18.1 Å². The second-order valence-corrected chi connectivity index (χ2v) is 8.06. The number of fused-ring (bicyclic) bond motifs is 2. The molecule has 0 fully saturated rings. The number of nitrogens with one attached hydrogen (secondary N) is 1. The van der Waals surface area contributed by atoms with Crippen LogP contribution in [0.1, 0.15) is 59.4 Å². The van der Waals surface area contributed by atoms with Crippen LogP contribution in [-0.4, -0.2) is 18.5 Å². The number of ether oxygens (including phenoxy) is 1. The molecule has 1 aliphatic heterocycles. The molecule has 0 bridgehead atoms. The quantitative estimate of drug-likeness (QED) is 0.549. The molecule has 2 aromatic rings. The summed E-state index contributed by atoms with van der Waals surface area (Å²) in [6.45, 7) is 4.82. The second-order valence-electron chi connectivity index (χ2n) is 8.06. The molecule has 0 aromatic heterocycles. The maximum Gasteiger partial charge on any atom is 0.251 e. The predicted molar refractivity (Wildman–Crippen MR) is 114 cm³/mol. The molecule has 0 saturated carbocycles. The molecular formula is C23H28N4O2. The molecule has 0 unspecified atom stereocenters. The van der Waals surface area contributed by atoms with Crippen LogP contribution in [0.15, 0.2) is 47.5 Å². The van der Waals surface area contributed by atoms with Crippen molar-refractivity contribution in [3.8, 4) is 5.75 Å². The minimum atomic E-state index is -0.201. The molecule has 1 amide bonds. The van der Waals surface area contributed by atoms with Gasteiger partial charge in [-0.05, 0) is 48.1 Å². The molecule has 2 aliphatic rings. The van der Waals surface area contributed by atoms with E-state index in [1.54, 1.807) is 6.07 Å². The van der Waals surface area contributed by atoms with Crippen molar-refractivity contribution in [2.75, 3.05) is 6.61 Å². The Morgan fingerprint density at radius 2 is 2.00 bits per heavy atom. The number of guanidine groups is 1. The van der Waals surface area contributed by atoms with E-state index in [1.165, 1.54) is 11.1 Å². The average molecular weight is 393 g/mol. The van der Waals surface area contributed by atoms with E-state index in [2.05, 4.69) is 36.3 Å². The third-order valence-corrected chi connectivity index (χ3v) is 6.09. The summed E-state index contributed by atoms with van der Waals surface area (Å²) in [7, 11) is 0. The molecule has 1 heterocycles. The van der Waals surface area contributed by atoms with Gasteiger partial charge in [0.2, 0.25) is 0 Å². The van der Waals surface area contributed by atoms with Crippen LogP contribution in [0.25, 0.3) is 0 Å². The van der Waals surface area contributed by atoms with Crippen molar-refractivity contribution >= 4 is 11.9 Å². The van der Waals surface area contributed by atoms with Crippen LogP contribution in [0.4, 0.5) is 0 Å². The lowest BCUT2D eigenvalue weighted by atomic mass is 9.88. The number of benzene rings is 2.